The van der Waals surface area contributed by atoms with E-state index in [4.69, 9.17) is 0 Å². The van der Waals surface area contributed by atoms with Crippen LogP contribution in [0.5, 0.6) is 0 Å². The second-order valence-electron chi connectivity index (χ2n) is 11.6. The van der Waals surface area contributed by atoms with E-state index in [9.17, 15) is 18.3 Å². The van der Waals surface area contributed by atoms with Crippen LogP contribution in [0.2, 0.25) is 0 Å². The summed E-state index contributed by atoms with van der Waals surface area (Å²) in [5.41, 5.74) is 7.77. The van der Waals surface area contributed by atoms with Gasteiger partial charge in [-0.25, -0.2) is 13.2 Å². The van der Waals surface area contributed by atoms with E-state index in [1.807, 2.05) is 6.07 Å². The Balaban J connectivity index is 1.42. The molecule has 7 rings (SSSR count). The lowest BCUT2D eigenvalue weighted by Gasteiger charge is -2.26. The molecule has 1 saturated carbocycles. The number of carboxylic acids is 1. The molecular weight excluding hydrogens is 510 g/mol. The molecule has 2 aliphatic heterocycles. The van der Waals surface area contributed by atoms with Gasteiger partial charge >= 0.3 is 5.97 Å². The SMILES string of the molecule is O=C(O)c1ccc2c(C3CCCCC3)c3n(c2c1)CCCn1cc(CN2CCS(=O)(=O)CC2)c2cccc-3c21. The number of rotatable bonds is 4. The van der Waals surface area contributed by atoms with Crippen LogP contribution in [-0.4, -0.2) is 58.1 Å². The molecule has 1 aliphatic carbocycles. The van der Waals surface area contributed by atoms with Crippen LogP contribution in [0.25, 0.3) is 33.1 Å². The smallest absolute Gasteiger partial charge is 0.335 e. The van der Waals surface area contributed by atoms with Crippen LogP contribution < -0.4 is 0 Å². The first kappa shape index (κ1) is 24.9. The number of aryl methyl sites for hydroxylation is 2. The number of para-hydroxylation sites is 1. The quantitative estimate of drug-likeness (QED) is 0.359. The summed E-state index contributed by atoms with van der Waals surface area (Å²) >= 11 is 0. The van der Waals surface area contributed by atoms with E-state index in [1.165, 1.54) is 70.8 Å². The zero-order chi connectivity index (χ0) is 26.7. The van der Waals surface area contributed by atoms with Crippen LogP contribution in [0.3, 0.4) is 0 Å². The van der Waals surface area contributed by atoms with Gasteiger partial charge in [-0.1, -0.05) is 43.5 Å². The normalized spacial score (nSPS) is 20.1. The Morgan fingerprint density at radius 2 is 1.72 bits per heavy atom. The molecule has 4 heterocycles. The molecule has 3 aliphatic rings. The molecule has 0 spiro atoms. The monoisotopic (exact) mass is 545 g/mol. The maximum absolute atomic E-state index is 12.0. The number of hydrogen-bond donors (Lipinski definition) is 1. The third kappa shape index (κ3) is 4.28. The highest BCUT2D eigenvalue weighted by Crippen LogP contribution is 2.47. The van der Waals surface area contributed by atoms with Crippen LogP contribution in [0.4, 0.5) is 0 Å². The number of hydrogen-bond acceptors (Lipinski definition) is 4. The molecule has 2 aromatic carbocycles. The van der Waals surface area contributed by atoms with Crippen LogP contribution >= 0.6 is 0 Å². The number of carbonyl (C=O) groups is 1. The second-order valence-corrected chi connectivity index (χ2v) is 13.9. The Morgan fingerprint density at radius 1 is 0.923 bits per heavy atom. The maximum Gasteiger partial charge on any atom is 0.335 e. The molecule has 0 atom stereocenters. The summed E-state index contributed by atoms with van der Waals surface area (Å²) in [5.74, 6) is 0.0600. The van der Waals surface area contributed by atoms with Crippen molar-refractivity contribution >= 4 is 37.6 Å². The molecule has 4 aromatic rings. The second kappa shape index (κ2) is 9.52. The fourth-order valence-corrected chi connectivity index (χ4v) is 8.59. The van der Waals surface area contributed by atoms with Crippen molar-refractivity contribution in [3.8, 4) is 11.3 Å². The van der Waals surface area contributed by atoms with E-state index in [0.717, 1.165) is 31.6 Å². The lowest BCUT2D eigenvalue weighted by atomic mass is 9.81. The number of aromatic carboxylic acids is 1. The Morgan fingerprint density at radius 3 is 2.49 bits per heavy atom. The Bertz CT molecular complexity index is 1690. The lowest BCUT2D eigenvalue weighted by molar-refractivity contribution is 0.0697. The molecule has 0 unspecified atom stereocenters. The highest BCUT2D eigenvalue weighted by atomic mass is 32.2. The summed E-state index contributed by atoms with van der Waals surface area (Å²) in [6.07, 6.45) is 9.35. The molecule has 0 amide bonds. The largest absolute Gasteiger partial charge is 0.478 e. The van der Waals surface area contributed by atoms with Crippen molar-refractivity contribution in [3.63, 3.8) is 0 Å². The standard InChI is InChI=1S/C31H35N3O4S/c35-31(36)22-10-11-25-27(18-22)34-13-5-12-33-20-23(19-32-14-16-39(37,38)17-15-32)24-8-4-9-26(29(24)33)30(34)28(25)21-6-2-1-3-7-21/h4,8-11,18,20-21H,1-3,5-7,12-17,19H2,(H,35,36). The predicted molar refractivity (Wildman–Crippen MR) is 154 cm³/mol. The number of aromatic nitrogens is 2. The first-order valence-electron chi connectivity index (χ1n) is 14.3. The third-order valence-corrected chi connectivity index (χ3v) is 10.8. The van der Waals surface area contributed by atoms with Gasteiger partial charge in [0.15, 0.2) is 9.84 Å². The molecule has 8 heteroatoms. The van der Waals surface area contributed by atoms with E-state index < -0.39 is 15.8 Å². The minimum Gasteiger partial charge on any atom is -0.478 e. The fraction of sp³-hybridized carbons (Fsp3) is 0.452. The number of sulfone groups is 1. The van der Waals surface area contributed by atoms with Crippen LogP contribution in [-0.2, 0) is 29.5 Å². The maximum atomic E-state index is 12.0. The van der Waals surface area contributed by atoms with Gasteiger partial charge in [-0.15, -0.1) is 0 Å². The summed E-state index contributed by atoms with van der Waals surface area (Å²) in [6, 6.07) is 12.3. The van der Waals surface area contributed by atoms with Gasteiger partial charge < -0.3 is 14.2 Å². The molecule has 1 N–H and O–H groups in total. The Kier molecular flexibility index (Phi) is 6.08. The van der Waals surface area contributed by atoms with Gasteiger partial charge in [-0.2, -0.15) is 0 Å². The van der Waals surface area contributed by atoms with Crippen molar-refractivity contribution in [1.82, 2.24) is 14.0 Å². The van der Waals surface area contributed by atoms with Crippen molar-refractivity contribution in [2.24, 2.45) is 0 Å². The molecule has 2 aromatic heterocycles. The van der Waals surface area contributed by atoms with Crippen molar-refractivity contribution in [2.45, 2.75) is 64.1 Å². The zero-order valence-corrected chi connectivity index (χ0v) is 23.0. The highest BCUT2D eigenvalue weighted by molar-refractivity contribution is 7.91. The van der Waals surface area contributed by atoms with Gasteiger partial charge in [0.1, 0.15) is 0 Å². The molecule has 7 nitrogen and oxygen atoms in total. The lowest BCUT2D eigenvalue weighted by Crippen LogP contribution is -2.39. The Labute approximate surface area is 228 Å². The number of carboxylic acid groups (broad SMARTS) is 1. The zero-order valence-electron chi connectivity index (χ0n) is 22.2. The summed E-state index contributed by atoms with van der Waals surface area (Å²) in [4.78, 5) is 14.2. The predicted octanol–water partition coefficient (Wildman–Crippen LogP) is 5.64. The highest BCUT2D eigenvalue weighted by Gasteiger charge is 2.30. The van der Waals surface area contributed by atoms with E-state index in [-0.39, 0.29) is 11.5 Å². The van der Waals surface area contributed by atoms with Crippen molar-refractivity contribution in [3.05, 3.63) is 59.3 Å². The molecule has 2 fully saturated rings. The van der Waals surface area contributed by atoms with E-state index in [2.05, 4.69) is 44.5 Å². The van der Waals surface area contributed by atoms with Gasteiger partial charge in [0.2, 0.25) is 0 Å². The van der Waals surface area contributed by atoms with Gasteiger partial charge in [0.05, 0.1) is 28.3 Å². The number of nitrogens with zero attached hydrogens (tertiary/aromatic N) is 3. The average molecular weight is 546 g/mol. The topological polar surface area (TPSA) is 84.5 Å². The van der Waals surface area contributed by atoms with Gasteiger partial charge in [0.25, 0.3) is 0 Å². The third-order valence-electron chi connectivity index (χ3n) is 9.21. The first-order valence-corrected chi connectivity index (χ1v) is 16.1. The molecule has 0 bridgehead atoms. The summed E-state index contributed by atoms with van der Waals surface area (Å²) in [5, 5.41) is 12.2. The van der Waals surface area contributed by atoms with Gasteiger partial charge in [-0.05, 0) is 48.4 Å². The summed E-state index contributed by atoms with van der Waals surface area (Å²) < 4.78 is 28.8. The van der Waals surface area contributed by atoms with Gasteiger partial charge in [-0.3, -0.25) is 4.90 Å². The summed E-state index contributed by atoms with van der Waals surface area (Å²) in [6.45, 7) is 3.65. The minimum absolute atomic E-state index is 0.236. The molecule has 1 saturated heterocycles. The van der Waals surface area contributed by atoms with E-state index in [0.29, 0.717) is 24.6 Å². The molecule has 204 valence electrons. The van der Waals surface area contributed by atoms with Crippen molar-refractivity contribution < 1.29 is 18.3 Å². The number of benzene rings is 2. The van der Waals surface area contributed by atoms with E-state index in [1.54, 1.807) is 6.07 Å². The molecular formula is C31H35N3O4S. The minimum atomic E-state index is -2.91. The summed E-state index contributed by atoms with van der Waals surface area (Å²) in [7, 11) is -2.91. The molecule has 39 heavy (non-hydrogen) atoms. The fourth-order valence-electron chi connectivity index (χ4n) is 7.31. The van der Waals surface area contributed by atoms with Crippen LogP contribution in [0.1, 0.15) is 65.9 Å². The van der Waals surface area contributed by atoms with Crippen molar-refractivity contribution in [1.29, 1.82) is 0 Å². The van der Waals surface area contributed by atoms with Crippen LogP contribution in [0.15, 0.2) is 42.6 Å². The van der Waals surface area contributed by atoms with Crippen molar-refractivity contribution in [2.75, 3.05) is 24.6 Å². The van der Waals surface area contributed by atoms with Crippen LogP contribution in [0, 0.1) is 0 Å². The van der Waals surface area contributed by atoms with Gasteiger partial charge in [0, 0.05) is 60.8 Å². The average Bonchev–Trinajstić information content (AvgIpc) is 3.44. The first-order chi connectivity index (χ1) is 18.9. The molecule has 0 radical (unpaired) electrons. The Hall–Kier alpha value is -3.10. The van der Waals surface area contributed by atoms with E-state index >= 15 is 0 Å². The number of fused-ring (bicyclic) bond motifs is 4.